The van der Waals surface area contributed by atoms with E-state index in [1.54, 1.807) is 4.90 Å². The zero-order valence-corrected chi connectivity index (χ0v) is 14.2. The number of alkyl halides is 3. The molecule has 1 amide bonds. The number of carbonyl (C=O) groups is 1. The van der Waals surface area contributed by atoms with E-state index in [9.17, 15) is 18.0 Å². The fourth-order valence-corrected chi connectivity index (χ4v) is 3.57. The first-order valence-corrected chi connectivity index (χ1v) is 8.83. The second-order valence-corrected chi connectivity index (χ2v) is 6.86. The highest BCUT2D eigenvalue weighted by Gasteiger charge is 2.32. The number of amides is 1. The number of carbonyl (C=O) groups excluding carboxylic acids is 1. The maximum Gasteiger partial charge on any atom is 0.416 e. The minimum absolute atomic E-state index is 0.113. The van der Waals surface area contributed by atoms with E-state index in [4.69, 9.17) is 0 Å². The van der Waals surface area contributed by atoms with Gasteiger partial charge in [-0.2, -0.15) is 13.2 Å². The molecule has 0 unspecified atom stereocenters. The van der Waals surface area contributed by atoms with Crippen LogP contribution in [0.4, 0.5) is 13.2 Å². The van der Waals surface area contributed by atoms with E-state index in [1.807, 2.05) is 0 Å². The Bertz CT molecular complexity index is 591. The number of halogens is 3. The summed E-state index contributed by atoms with van der Waals surface area (Å²) in [5.41, 5.74) is -0.662. The normalized spacial score (nSPS) is 20.7. The summed E-state index contributed by atoms with van der Waals surface area (Å²) in [5.74, 6) is 0.389. The number of nitrogens with zero attached hydrogens (tertiary/aromatic N) is 2. The largest absolute Gasteiger partial charge is 0.416 e. The summed E-state index contributed by atoms with van der Waals surface area (Å²) >= 11 is 0. The third kappa shape index (κ3) is 4.73. The van der Waals surface area contributed by atoms with Crippen molar-refractivity contribution in [2.45, 2.75) is 19.0 Å². The Balaban J connectivity index is 1.54. The van der Waals surface area contributed by atoms with Gasteiger partial charge in [0, 0.05) is 38.3 Å². The molecule has 1 N–H and O–H groups in total. The number of hydrogen-bond acceptors (Lipinski definition) is 3. The second-order valence-electron chi connectivity index (χ2n) is 6.86. The van der Waals surface area contributed by atoms with Gasteiger partial charge < -0.3 is 10.2 Å². The lowest BCUT2D eigenvalue weighted by atomic mass is 9.97. The van der Waals surface area contributed by atoms with Crippen molar-refractivity contribution in [2.24, 2.45) is 5.92 Å². The summed E-state index contributed by atoms with van der Waals surface area (Å²) in [6.07, 6.45) is -2.06. The molecule has 1 aromatic carbocycles. The Morgan fingerprint density at radius 3 is 2.44 bits per heavy atom. The van der Waals surface area contributed by atoms with Crippen LogP contribution in [0, 0.1) is 5.92 Å². The molecule has 2 saturated heterocycles. The Labute approximate surface area is 146 Å². The standard InChI is InChI=1S/C18H24F3N3O/c19-18(20,21)16-3-1-2-15(12-16)17(25)24-10-8-23(9-11-24)13-14-4-6-22-7-5-14/h1-3,12,14,22H,4-11,13H2. The predicted octanol–water partition coefficient (Wildman–Crippen LogP) is 2.46. The number of benzene rings is 1. The van der Waals surface area contributed by atoms with Gasteiger partial charge in [0.05, 0.1) is 5.56 Å². The van der Waals surface area contributed by atoms with Gasteiger partial charge in [0.2, 0.25) is 0 Å². The summed E-state index contributed by atoms with van der Waals surface area (Å²) < 4.78 is 38.4. The Morgan fingerprint density at radius 1 is 1.12 bits per heavy atom. The molecule has 1 aromatic rings. The van der Waals surface area contributed by atoms with Crippen LogP contribution in [0.1, 0.15) is 28.8 Å². The van der Waals surface area contributed by atoms with E-state index in [0.29, 0.717) is 19.0 Å². The lowest BCUT2D eigenvalue weighted by molar-refractivity contribution is -0.137. The molecule has 25 heavy (non-hydrogen) atoms. The van der Waals surface area contributed by atoms with E-state index < -0.39 is 11.7 Å². The summed E-state index contributed by atoms with van der Waals surface area (Å²) in [6, 6.07) is 4.69. The van der Waals surface area contributed by atoms with Crippen LogP contribution >= 0.6 is 0 Å². The van der Waals surface area contributed by atoms with Crippen LogP contribution in [-0.2, 0) is 6.18 Å². The maximum absolute atomic E-state index is 12.8. The molecule has 0 spiro atoms. The summed E-state index contributed by atoms with van der Waals surface area (Å²) in [5, 5.41) is 3.36. The molecule has 0 aromatic heterocycles. The summed E-state index contributed by atoms with van der Waals surface area (Å²) in [6.45, 7) is 5.90. The van der Waals surface area contributed by atoms with Crippen molar-refractivity contribution in [3.8, 4) is 0 Å². The molecule has 0 atom stereocenters. The van der Waals surface area contributed by atoms with E-state index >= 15 is 0 Å². The van der Waals surface area contributed by atoms with Crippen molar-refractivity contribution in [3.05, 3.63) is 35.4 Å². The topological polar surface area (TPSA) is 35.6 Å². The van der Waals surface area contributed by atoms with Crippen LogP contribution in [0.5, 0.6) is 0 Å². The number of hydrogen-bond donors (Lipinski definition) is 1. The van der Waals surface area contributed by atoms with Crippen LogP contribution in [0.2, 0.25) is 0 Å². The molecule has 4 nitrogen and oxygen atoms in total. The first kappa shape index (κ1) is 18.2. The summed E-state index contributed by atoms with van der Waals surface area (Å²) in [4.78, 5) is 16.5. The van der Waals surface area contributed by atoms with E-state index in [-0.39, 0.29) is 11.5 Å². The molecule has 0 radical (unpaired) electrons. The van der Waals surface area contributed by atoms with Crippen molar-refractivity contribution in [1.82, 2.24) is 15.1 Å². The zero-order chi connectivity index (χ0) is 17.9. The van der Waals surface area contributed by atoms with Gasteiger partial charge in [0.25, 0.3) is 5.91 Å². The van der Waals surface area contributed by atoms with Gasteiger partial charge in [-0.25, -0.2) is 0 Å². The molecule has 0 bridgehead atoms. The molecule has 3 rings (SSSR count). The van der Waals surface area contributed by atoms with Crippen LogP contribution in [-0.4, -0.2) is 61.5 Å². The monoisotopic (exact) mass is 355 g/mol. The molecule has 2 fully saturated rings. The van der Waals surface area contributed by atoms with E-state index in [0.717, 1.165) is 44.9 Å². The highest BCUT2D eigenvalue weighted by molar-refractivity contribution is 5.94. The van der Waals surface area contributed by atoms with Gasteiger partial charge in [-0.1, -0.05) is 6.07 Å². The molecule has 138 valence electrons. The third-order valence-electron chi connectivity index (χ3n) is 5.07. The van der Waals surface area contributed by atoms with E-state index in [1.165, 1.54) is 25.0 Å². The van der Waals surface area contributed by atoms with Crippen LogP contribution in [0.15, 0.2) is 24.3 Å². The van der Waals surface area contributed by atoms with Crippen molar-refractivity contribution in [1.29, 1.82) is 0 Å². The van der Waals surface area contributed by atoms with Crippen molar-refractivity contribution in [3.63, 3.8) is 0 Å². The molecule has 7 heteroatoms. The average molecular weight is 355 g/mol. The van der Waals surface area contributed by atoms with Crippen LogP contribution in [0.3, 0.4) is 0 Å². The molecular weight excluding hydrogens is 331 g/mol. The Morgan fingerprint density at radius 2 is 1.80 bits per heavy atom. The number of rotatable bonds is 3. The van der Waals surface area contributed by atoms with Crippen LogP contribution in [0.25, 0.3) is 0 Å². The third-order valence-corrected chi connectivity index (χ3v) is 5.07. The first-order chi connectivity index (χ1) is 11.9. The predicted molar refractivity (Wildman–Crippen MR) is 89.4 cm³/mol. The highest BCUT2D eigenvalue weighted by atomic mass is 19.4. The maximum atomic E-state index is 12.8. The van der Waals surface area contributed by atoms with Crippen LogP contribution < -0.4 is 5.32 Å². The molecule has 2 aliphatic rings. The Hall–Kier alpha value is -1.60. The van der Waals surface area contributed by atoms with Crippen molar-refractivity contribution >= 4 is 5.91 Å². The molecule has 0 aliphatic carbocycles. The molecular formula is C18H24F3N3O. The molecule has 2 heterocycles. The van der Waals surface area contributed by atoms with Gasteiger partial charge in [-0.15, -0.1) is 0 Å². The lowest BCUT2D eigenvalue weighted by Gasteiger charge is -2.37. The Kier molecular flexibility index (Phi) is 5.64. The van der Waals surface area contributed by atoms with Gasteiger partial charge in [-0.05, 0) is 50.0 Å². The minimum atomic E-state index is -4.43. The van der Waals surface area contributed by atoms with Gasteiger partial charge in [0.15, 0.2) is 0 Å². The quantitative estimate of drug-likeness (QED) is 0.905. The second kappa shape index (κ2) is 7.74. The lowest BCUT2D eigenvalue weighted by Crippen LogP contribution is -2.50. The summed E-state index contributed by atoms with van der Waals surface area (Å²) in [7, 11) is 0. The van der Waals surface area contributed by atoms with Gasteiger partial charge >= 0.3 is 6.18 Å². The highest BCUT2D eigenvalue weighted by Crippen LogP contribution is 2.29. The van der Waals surface area contributed by atoms with E-state index in [2.05, 4.69) is 10.2 Å². The van der Waals surface area contributed by atoms with Gasteiger partial charge in [0.1, 0.15) is 0 Å². The van der Waals surface area contributed by atoms with Crippen molar-refractivity contribution in [2.75, 3.05) is 45.8 Å². The zero-order valence-electron chi connectivity index (χ0n) is 14.2. The first-order valence-electron chi connectivity index (χ1n) is 8.83. The smallest absolute Gasteiger partial charge is 0.336 e. The minimum Gasteiger partial charge on any atom is -0.336 e. The van der Waals surface area contributed by atoms with Gasteiger partial charge in [-0.3, -0.25) is 9.69 Å². The van der Waals surface area contributed by atoms with Crippen molar-refractivity contribution < 1.29 is 18.0 Å². The number of nitrogens with one attached hydrogen (secondary N) is 1. The molecule has 2 aliphatic heterocycles. The SMILES string of the molecule is O=C(c1cccc(C(F)(F)F)c1)N1CCN(CC2CCNCC2)CC1. The fourth-order valence-electron chi connectivity index (χ4n) is 3.57. The number of piperazine rings is 1. The number of piperidine rings is 1. The fraction of sp³-hybridized carbons (Fsp3) is 0.611. The molecule has 0 saturated carbocycles. The average Bonchev–Trinajstić information content (AvgIpc) is 2.62.